The van der Waals surface area contributed by atoms with Crippen molar-refractivity contribution in [3.63, 3.8) is 0 Å². The maximum atomic E-state index is 14.3. The van der Waals surface area contributed by atoms with Crippen molar-refractivity contribution in [1.82, 2.24) is 0 Å². The second-order valence-electron chi connectivity index (χ2n) is 4.29. The summed E-state index contributed by atoms with van der Waals surface area (Å²) >= 11 is 0. The predicted octanol–water partition coefficient (Wildman–Crippen LogP) is 3.93. The molecule has 0 saturated heterocycles. The Bertz CT molecular complexity index is 439. The van der Waals surface area contributed by atoms with Crippen LogP contribution in [0.2, 0.25) is 0 Å². The van der Waals surface area contributed by atoms with E-state index >= 15 is 0 Å². The highest BCUT2D eigenvalue weighted by Crippen LogP contribution is 2.37. The Hall–Kier alpha value is -1.67. The number of hydrogen-bond donors (Lipinski definition) is 0. The average Bonchev–Trinajstić information content (AvgIpc) is 2.42. The first-order valence-electron chi connectivity index (χ1n) is 6.02. The van der Waals surface area contributed by atoms with Gasteiger partial charge in [0, 0.05) is 7.11 Å². The smallest absolute Gasteiger partial charge is 0.148 e. The van der Waals surface area contributed by atoms with Crippen molar-refractivity contribution in [2.24, 2.45) is 0 Å². The fourth-order valence-electron chi connectivity index (χ4n) is 2.40. The van der Waals surface area contributed by atoms with E-state index in [0.29, 0.717) is 0 Å². The van der Waals surface area contributed by atoms with Gasteiger partial charge in [0.25, 0.3) is 0 Å². The second-order valence-corrected chi connectivity index (χ2v) is 4.29. The van der Waals surface area contributed by atoms with Crippen LogP contribution in [0.4, 0.5) is 4.39 Å². The molecule has 0 spiro atoms. The van der Waals surface area contributed by atoms with E-state index in [1.54, 1.807) is 7.11 Å². The molecule has 1 nitrogen and oxygen atoms in total. The third-order valence-electron chi connectivity index (χ3n) is 3.29. The van der Waals surface area contributed by atoms with Gasteiger partial charge >= 0.3 is 0 Å². The summed E-state index contributed by atoms with van der Waals surface area (Å²) in [6.45, 7) is 1.53. The molecule has 0 aliphatic rings. The van der Waals surface area contributed by atoms with Crippen molar-refractivity contribution in [3.8, 4) is 0 Å². The van der Waals surface area contributed by atoms with Crippen LogP contribution >= 0.6 is 0 Å². The Morgan fingerprint density at radius 3 is 1.56 bits per heavy atom. The summed E-state index contributed by atoms with van der Waals surface area (Å²) in [5.41, 5.74) is 0.616. The molecule has 0 heterocycles. The molecule has 0 aromatic heterocycles. The standard InChI is InChI=1S/C16H17FO/c1-13(17)16(18-2,14-9-5-3-6-10-14)15-11-7-4-8-12-15/h3-13H,1-2H3. The summed E-state index contributed by atoms with van der Waals surface area (Å²) in [6, 6.07) is 19.0. The highest BCUT2D eigenvalue weighted by atomic mass is 19.1. The fraction of sp³-hybridized carbons (Fsp3) is 0.250. The Labute approximate surface area is 107 Å². The Morgan fingerprint density at radius 2 is 1.28 bits per heavy atom. The zero-order valence-electron chi connectivity index (χ0n) is 10.6. The van der Waals surface area contributed by atoms with Gasteiger partial charge in [-0.25, -0.2) is 4.39 Å². The highest BCUT2D eigenvalue weighted by Gasteiger charge is 2.40. The average molecular weight is 244 g/mol. The van der Waals surface area contributed by atoms with E-state index in [1.165, 1.54) is 6.92 Å². The van der Waals surface area contributed by atoms with E-state index < -0.39 is 11.8 Å². The van der Waals surface area contributed by atoms with Crippen molar-refractivity contribution in [2.75, 3.05) is 7.11 Å². The number of benzene rings is 2. The molecule has 0 N–H and O–H groups in total. The number of alkyl halides is 1. The largest absolute Gasteiger partial charge is 0.366 e. The molecular formula is C16H17FO. The lowest BCUT2D eigenvalue weighted by Gasteiger charge is -2.35. The second kappa shape index (κ2) is 5.32. The molecule has 0 aliphatic heterocycles. The molecule has 2 heteroatoms. The molecule has 2 aromatic carbocycles. The minimum atomic E-state index is -1.15. The van der Waals surface area contributed by atoms with Gasteiger partial charge in [0.15, 0.2) is 0 Å². The maximum absolute atomic E-state index is 14.3. The van der Waals surface area contributed by atoms with Gasteiger partial charge in [-0.1, -0.05) is 60.7 Å². The van der Waals surface area contributed by atoms with Gasteiger partial charge in [-0.05, 0) is 18.1 Å². The maximum Gasteiger partial charge on any atom is 0.148 e. The van der Waals surface area contributed by atoms with Crippen LogP contribution in [0.15, 0.2) is 60.7 Å². The van der Waals surface area contributed by atoms with Crippen molar-refractivity contribution in [2.45, 2.75) is 18.7 Å². The minimum Gasteiger partial charge on any atom is -0.366 e. The van der Waals surface area contributed by atoms with Crippen LogP contribution in [0.3, 0.4) is 0 Å². The number of rotatable bonds is 4. The molecule has 18 heavy (non-hydrogen) atoms. The molecule has 0 aliphatic carbocycles. The lowest BCUT2D eigenvalue weighted by atomic mass is 9.82. The van der Waals surface area contributed by atoms with Crippen LogP contribution in [0, 0.1) is 0 Å². The molecule has 0 saturated carbocycles. The van der Waals surface area contributed by atoms with Gasteiger partial charge in [0.1, 0.15) is 11.8 Å². The van der Waals surface area contributed by atoms with Crippen molar-refractivity contribution < 1.29 is 9.13 Å². The van der Waals surface area contributed by atoms with Gasteiger partial charge in [-0.2, -0.15) is 0 Å². The first-order valence-corrected chi connectivity index (χ1v) is 6.02. The van der Waals surface area contributed by atoms with Crippen LogP contribution in [-0.4, -0.2) is 13.3 Å². The van der Waals surface area contributed by atoms with E-state index in [0.717, 1.165) is 11.1 Å². The minimum absolute atomic E-state index is 0.828. The summed E-state index contributed by atoms with van der Waals surface area (Å²) < 4.78 is 19.9. The Balaban J connectivity index is 2.61. The van der Waals surface area contributed by atoms with Gasteiger partial charge in [-0.15, -0.1) is 0 Å². The monoisotopic (exact) mass is 244 g/mol. The number of halogens is 1. The summed E-state index contributed by atoms with van der Waals surface area (Å²) in [6.07, 6.45) is -1.15. The van der Waals surface area contributed by atoms with E-state index in [4.69, 9.17) is 4.74 Å². The first kappa shape index (κ1) is 12.8. The number of ether oxygens (including phenoxy) is 1. The Kier molecular flexibility index (Phi) is 3.78. The van der Waals surface area contributed by atoms with Gasteiger partial charge in [0.05, 0.1) is 0 Å². The zero-order valence-corrected chi connectivity index (χ0v) is 10.6. The van der Waals surface area contributed by atoms with E-state index in [1.807, 2.05) is 60.7 Å². The van der Waals surface area contributed by atoms with Crippen LogP contribution < -0.4 is 0 Å². The highest BCUT2D eigenvalue weighted by molar-refractivity contribution is 5.37. The topological polar surface area (TPSA) is 9.23 Å². The predicted molar refractivity (Wildman–Crippen MR) is 71.2 cm³/mol. The molecule has 2 aromatic rings. The third-order valence-corrected chi connectivity index (χ3v) is 3.29. The van der Waals surface area contributed by atoms with Gasteiger partial charge < -0.3 is 4.74 Å². The van der Waals surface area contributed by atoms with Crippen LogP contribution in [0.1, 0.15) is 18.1 Å². The number of hydrogen-bond acceptors (Lipinski definition) is 1. The molecule has 94 valence electrons. The fourth-order valence-corrected chi connectivity index (χ4v) is 2.40. The quantitative estimate of drug-likeness (QED) is 0.791. The molecule has 0 radical (unpaired) electrons. The van der Waals surface area contributed by atoms with E-state index in [9.17, 15) is 4.39 Å². The summed E-state index contributed by atoms with van der Waals surface area (Å²) in [5, 5.41) is 0. The van der Waals surface area contributed by atoms with Crippen LogP contribution in [-0.2, 0) is 10.3 Å². The molecule has 0 bridgehead atoms. The zero-order chi connectivity index (χ0) is 13.0. The normalized spacial score (nSPS) is 13.3. The third kappa shape index (κ3) is 2.04. The summed E-state index contributed by atoms with van der Waals surface area (Å²) in [7, 11) is 1.55. The van der Waals surface area contributed by atoms with Crippen molar-refractivity contribution in [3.05, 3.63) is 71.8 Å². The number of methoxy groups -OCH3 is 1. The molecule has 1 unspecified atom stereocenters. The molecule has 0 fully saturated rings. The Morgan fingerprint density at radius 1 is 0.889 bits per heavy atom. The van der Waals surface area contributed by atoms with Gasteiger partial charge in [-0.3, -0.25) is 0 Å². The van der Waals surface area contributed by atoms with E-state index in [2.05, 4.69) is 0 Å². The lowest BCUT2D eigenvalue weighted by Crippen LogP contribution is -2.38. The lowest BCUT2D eigenvalue weighted by molar-refractivity contribution is -0.0368. The van der Waals surface area contributed by atoms with Crippen molar-refractivity contribution >= 4 is 0 Å². The van der Waals surface area contributed by atoms with Crippen LogP contribution in [0.5, 0.6) is 0 Å². The molecular weight excluding hydrogens is 227 g/mol. The molecule has 0 amide bonds. The summed E-state index contributed by atoms with van der Waals surface area (Å²) in [4.78, 5) is 0. The van der Waals surface area contributed by atoms with Gasteiger partial charge in [0.2, 0.25) is 0 Å². The first-order chi connectivity index (χ1) is 8.71. The summed E-state index contributed by atoms with van der Waals surface area (Å²) in [5.74, 6) is 0. The van der Waals surface area contributed by atoms with Crippen LogP contribution in [0.25, 0.3) is 0 Å². The molecule has 2 rings (SSSR count). The van der Waals surface area contributed by atoms with Crippen molar-refractivity contribution in [1.29, 1.82) is 0 Å². The van der Waals surface area contributed by atoms with E-state index in [-0.39, 0.29) is 0 Å². The molecule has 1 atom stereocenters. The SMILES string of the molecule is COC(c1ccccc1)(c1ccccc1)C(C)F.